The van der Waals surface area contributed by atoms with Gasteiger partial charge in [-0.25, -0.2) is 0 Å². The van der Waals surface area contributed by atoms with E-state index in [0.717, 1.165) is 17.9 Å². The van der Waals surface area contributed by atoms with Gasteiger partial charge in [-0.1, -0.05) is 13.8 Å². The van der Waals surface area contributed by atoms with Crippen molar-refractivity contribution in [3.63, 3.8) is 0 Å². The fourth-order valence-corrected chi connectivity index (χ4v) is 4.81. The molecule has 92 valence electrons. The summed E-state index contributed by atoms with van der Waals surface area (Å²) in [5.74, 6) is 1.68. The Labute approximate surface area is 99.2 Å². The molecule has 0 aromatic carbocycles. The lowest BCUT2D eigenvalue weighted by molar-refractivity contribution is -0.148. The van der Waals surface area contributed by atoms with Gasteiger partial charge in [0.15, 0.2) is 0 Å². The molecule has 0 aliphatic carbocycles. The van der Waals surface area contributed by atoms with Crippen LogP contribution < -0.4 is 5.32 Å². The van der Waals surface area contributed by atoms with Crippen molar-refractivity contribution in [2.75, 3.05) is 39.9 Å². The van der Waals surface area contributed by atoms with E-state index in [0.29, 0.717) is 5.41 Å². The maximum Gasteiger partial charge on any atom is 0.0506 e. The maximum atomic E-state index is 3.64. The first-order valence-electron chi connectivity index (χ1n) is 6.75. The maximum absolute atomic E-state index is 3.64. The molecular formula is C13H25N3. The molecule has 0 saturated carbocycles. The van der Waals surface area contributed by atoms with Crippen LogP contribution in [0.5, 0.6) is 0 Å². The molecule has 1 N–H and O–H groups in total. The number of piperidine rings is 2. The zero-order valence-corrected chi connectivity index (χ0v) is 10.9. The molecule has 0 aromatic rings. The minimum absolute atomic E-state index is 0.530. The van der Waals surface area contributed by atoms with E-state index in [1.807, 2.05) is 0 Å². The highest BCUT2D eigenvalue weighted by Crippen LogP contribution is 2.46. The van der Waals surface area contributed by atoms with Crippen molar-refractivity contribution >= 4 is 0 Å². The first kappa shape index (κ1) is 11.0. The van der Waals surface area contributed by atoms with Crippen molar-refractivity contribution in [1.82, 2.24) is 15.1 Å². The summed E-state index contributed by atoms with van der Waals surface area (Å²) in [5.41, 5.74) is 0.530. The number of rotatable bonds is 3. The fourth-order valence-electron chi connectivity index (χ4n) is 4.81. The van der Waals surface area contributed by atoms with Crippen molar-refractivity contribution in [2.45, 2.75) is 26.3 Å². The van der Waals surface area contributed by atoms with Crippen molar-refractivity contribution < 1.29 is 0 Å². The number of nitrogens with one attached hydrogen (secondary N) is 1. The van der Waals surface area contributed by atoms with Crippen LogP contribution in [0.4, 0.5) is 0 Å². The van der Waals surface area contributed by atoms with E-state index in [2.05, 4.69) is 36.0 Å². The Morgan fingerprint density at radius 1 is 1.25 bits per heavy atom. The van der Waals surface area contributed by atoms with Crippen molar-refractivity contribution in [3.05, 3.63) is 0 Å². The Morgan fingerprint density at radius 2 is 1.88 bits per heavy atom. The van der Waals surface area contributed by atoms with Crippen LogP contribution >= 0.6 is 0 Å². The highest BCUT2D eigenvalue weighted by Gasteiger charge is 2.55. The lowest BCUT2D eigenvalue weighted by Crippen LogP contribution is -2.75. The molecule has 3 atom stereocenters. The second-order valence-corrected chi connectivity index (χ2v) is 6.65. The van der Waals surface area contributed by atoms with Gasteiger partial charge < -0.3 is 5.32 Å². The van der Waals surface area contributed by atoms with Gasteiger partial charge in [0.2, 0.25) is 0 Å². The fraction of sp³-hybridized carbons (Fsp3) is 1.00. The van der Waals surface area contributed by atoms with Gasteiger partial charge in [-0.05, 0) is 19.4 Å². The molecule has 3 heteroatoms. The molecule has 3 unspecified atom stereocenters. The Kier molecular flexibility index (Phi) is 2.54. The third-order valence-electron chi connectivity index (χ3n) is 4.72. The standard InChI is InChI=1S/C13H25N3/c1-10(2)4-13-7-15-5-11(12(13)14-3)6-16(8-13)9-15/h10-12,14H,4-9H2,1-3H3. The van der Waals surface area contributed by atoms with Gasteiger partial charge in [0.05, 0.1) is 6.67 Å². The largest absolute Gasteiger partial charge is 0.316 e. The quantitative estimate of drug-likeness (QED) is 0.764. The van der Waals surface area contributed by atoms with Crippen LogP contribution in [-0.4, -0.2) is 55.7 Å². The van der Waals surface area contributed by atoms with Crippen LogP contribution in [0.25, 0.3) is 0 Å². The smallest absolute Gasteiger partial charge is 0.0506 e. The van der Waals surface area contributed by atoms with Crippen LogP contribution in [-0.2, 0) is 0 Å². The third-order valence-corrected chi connectivity index (χ3v) is 4.72. The summed E-state index contributed by atoms with van der Waals surface area (Å²) in [4.78, 5) is 5.35. The molecule has 0 amide bonds. The van der Waals surface area contributed by atoms with E-state index < -0.39 is 0 Å². The molecule has 4 aliphatic rings. The summed E-state index contributed by atoms with van der Waals surface area (Å²) in [6, 6.07) is 0.752. The van der Waals surface area contributed by atoms with Crippen LogP contribution in [0.2, 0.25) is 0 Å². The summed E-state index contributed by atoms with van der Waals surface area (Å²) < 4.78 is 0. The molecule has 4 heterocycles. The normalized spacial score (nSPS) is 50.2. The number of nitrogens with zero attached hydrogens (tertiary/aromatic N) is 2. The Balaban J connectivity index is 1.88. The molecular weight excluding hydrogens is 198 g/mol. The SMILES string of the molecule is CNC1C2CN3CN(C2)CC1(CC(C)C)C3. The zero-order chi connectivity index (χ0) is 11.3. The third kappa shape index (κ3) is 1.52. The molecule has 4 bridgehead atoms. The van der Waals surface area contributed by atoms with Gasteiger partial charge in [0, 0.05) is 43.6 Å². The minimum Gasteiger partial charge on any atom is -0.316 e. The minimum atomic E-state index is 0.530. The van der Waals surface area contributed by atoms with Crippen molar-refractivity contribution in [2.24, 2.45) is 17.3 Å². The predicted molar refractivity (Wildman–Crippen MR) is 66.2 cm³/mol. The van der Waals surface area contributed by atoms with Gasteiger partial charge in [0.1, 0.15) is 0 Å². The summed E-state index contributed by atoms with van der Waals surface area (Å²) in [7, 11) is 2.17. The van der Waals surface area contributed by atoms with E-state index in [1.54, 1.807) is 0 Å². The zero-order valence-electron chi connectivity index (χ0n) is 10.9. The first-order valence-corrected chi connectivity index (χ1v) is 6.75. The molecule has 0 aromatic heterocycles. The average Bonchev–Trinajstić information content (AvgIpc) is 2.13. The lowest BCUT2D eigenvalue weighted by atomic mass is 9.63. The predicted octanol–water partition coefficient (Wildman–Crippen LogP) is 0.825. The Morgan fingerprint density at radius 3 is 2.38 bits per heavy atom. The van der Waals surface area contributed by atoms with Gasteiger partial charge >= 0.3 is 0 Å². The Bertz CT molecular complexity index is 257. The molecule has 16 heavy (non-hydrogen) atoms. The number of hydrogen-bond donors (Lipinski definition) is 1. The first-order chi connectivity index (χ1) is 7.63. The van der Waals surface area contributed by atoms with E-state index in [9.17, 15) is 0 Å². The van der Waals surface area contributed by atoms with Crippen molar-refractivity contribution in [1.29, 1.82) is 0 Å². The van der Waals surface area contributed by atoms with Crippen molar-refractivity contribution in [3.8, 4) is 0 Å². The molecule has 0 radical (unpaired) electrons. The van der Waals surface area contributed by atoms with Crippen LogP contribution in [0.3, 0.4) is 0 Å². The monoisotopic (exact) mass is 223 g/mol. The molecule has 4 aliphatic heterocycles. The lowest BCUT2D eigenvalue weighted by Gasteiger charge is -2.64. The second kappa shape index (κ2) is 3.69. The van der Waals surface area contributed by atoms with E-state index in [4.69, 9.17) is 0 Å². The molecule has 0 spiro atoms. The summed E-state index contributed by atoms with van der Waals surface area (Å²) in [5, 5.41) is 3.64. The van der Waals surface area contributed by atoms with Gasteiger partial charge in [-0.3, -0.25) is 9.80 Å². The molecule has 4 saturated heterocycles. The van der Waals surface area contributed by atoms with E-state index >= 15 is 0 Å². The van der Waals surface area contributed by atoms with Gasteiger partial charge in [-0.2, -0.15) is 0 Å². The van der Waals surface area contributed by atoms with E-state index in [-0.39, 0.29) is 0 Å². The molecule has 3 nitrogen and oxygen atoms in total. The van der Waals surface area contributed by atoms with E-state index in [1.165, 1.54) is 39.3 Å². The second-order valence-electron chi connectivity index (χ2n) is 6.65. The van der Waals surface area contributed by atoms with Gasteiger partial charge in [-0.15, -0.1) is 0 Å². The average molecular weight is 223 g/mol. The summed E-state index contributed by atoms with van der Waals surface area (Å²) in [6.07, 6.45) is 1.38. The Hall–Kier alpha value is -0.120. The van der Waals surface area contributed by atoms with Gasteiger partial charge in [0.25, 0.3) is 0 Å². The highest BCUT2D eigenvalue weighted by molar-refractivity contribution is 5.09. The molecule has 4 rings (SSSR count). The summed E-state index contributed by atoms with van der Waals surface area (Å²) >= 11 is 0. The number of hydrogen-bond acceptors (Lipinski definition) is 3. The highest BCUT2D eigenvalue weighted by atomic mass is 15.4. The molecule has 4 fully saturated rings. The van der Waals surface area contributed by atoms with Crippen LogP contribution in [0, 0.1) is 17.3 Å². The van der Waals surface area contributed by atoms with Crippen LogP contribution in [0.1, 0.15) is 20.3 Å². The van der Waals surface area contributed by atoms with Crippen LogP contribution in [0.15, 0.2) is 0 Å². The summed E-state index contributed by atoms with van der Waals surface area (Å²) in [6.45, 7) is 11.3. The topological polar surface area (TPSA) is 18.5 Å².